The lowest BCUT2D eigenvalue weighted by Gasteiger charge is -2.41. The molecule has 2 atom stereocenters. The molecule has 2 fully saturated rings. The monoisotopic (exact) mass is 261 g/mol. The second-order valence-electron chi connectivity index (χ2n) is 5.65. The van der Waals surface area contributed by atoms with Gasteiger partial charge in [0.15, 0.2) is 0 Å². The van der Waals surface area contributed by atoms with Crippen LogP contribution in [0.2, 0.25) is 0 Å². The van der Waals surface area contributed by atoms with Gasteiger partial charge in [-0.3, -0.25) is 9.59 Å². The molecule has 1 saturated heterocycles. The molecule has 1 aromatic rings. The van der Waals surface area contributed by atoms with Crippen LogP contribution in [0.3, 0.4) is 0 Å². The molecule has 1 amide bonds. The summed E-state index contributed by atoms with van der Waals surface area (Å²) < 4.78 is 0. The zero-order chi connectivity index (χ0) is 13.2. The summed E-state index contributed by atoms with van der Waals surface area (Å²) in [5.74, 6) is 1.41. The maximum absolute atomic E-state index is 12.3. The summed E-state index contributed by atoms with van der Waals surface area (Å²) in [7, 11) is 0. The van der Waals surface area contributed by atoms with Crippen molar-refractivity contribution in [3.8, 4) is 0 Å². The zero-order valence-corrected chi connectivity index (χ0v) is 11.0. The Kier molecular flexibility index (Phi) is 3.36. The minimum atomic E-state index is -0.275. The van der Waals surface area contributed by atoms with Crippen molar-refractivity contribution >= 4 is 5.91 Å². The van der Waals surface area contributed by atoms with Crippen molar-refractivity contribution in [1.82, 2.24) is 15.1 Å². The van der Waals surface area contributed by atoms with E-state index in [4.69, 9.17) is 0 Å². The molecule has 5 nitrogen and oxygen atoms in total. The molecule has 1 aliphatic carbocycles. The third kappa shape index (κ3) is 2.55. The molecule has 3 rings (SSSR count). The van der Waals surface area contributed by atoms with Gasteiger partial charge in [-0.25, -0.2) is 5.10 Å². The first-order chi connectivity index (χ1) is 9.24. The van der Waals surface area contributed by atoms with Crippen molar-refractivity contribution < 1.29 is 4.79 Å². The van der Waals surface area contributed by atoms with Crippen LogP contribution in [0.5, 0.6) is 0 Å². The first-order valence-electron chi connectivity index (χ1n) is 7.09. The summed E-state index contributed by atoms with van der Waals surface area (Å²) in [6.45, 7) is 1.67. The largest absolute Gasteiger partial charge is 0.337 e. The van der Waals surface area contributed by atoms with Gasteiger partial charge in [0.2, 0.25) is 0 Å². The van der Waals surface area contributed by atoms with E-state index < -0.39 is 0 Å². The average molecular weight is 261 g/mol. The number of hydrogen-bond acceptors (Lipinski definition) is 3. The smallest absolute Gasteiger partial charge is 0.274 e. The van der Waals surface area contributed by atoms with Gasteiger partial charge in [-0.15, -0.1) is 0 Å². The lowest BCUT2D eigenvalue weighted by atomic mass is 9.75. The molecule has 2 unspecified atom stereocenters. The molecule has 2 heterocycles. The van der Waals surface area contributed by atoms with Gasteiger partial charge < -0.3 is 4.90 Å². The zero-order valence-electron chi connectivity index (χ0n) is 11.0. The van der Waals surface area contributed by atoms with Crippen molar-refractivity contribution in [2.75, 3.05) is 13.1 Å². The predicted octanol–water partition coefficient (Wildman–Crippen LogP) is 1.42. The highest BCUT2D eigenvalue weighted by Crippen LogP contribution is 2.36. The maximum Gasteiger partial charge on any atom is 0.274 e. The summed E-state index contributed by atoms with van der Waals surface area (Å²) in [6, 6.07) is 2.86. The second kappa shape index (κ2) is 5.15. The van der Waals surface area contributed by atoms with Crippen LogP contribution in [0, 0.1) is 11.8 Å². The van der Waals surface area contributed by atoms with Gasteiger partial charge in [-0.1, -0.05) is 19.3 Å². The van der Waals surface area contributed by atoms with Gasteiger partial charge in [0, 0.05) is 19.2 Å². The minimum Gasteiger partial charge on any atom is -0.337 e. The van der Waals surface area contributed by atoms with Gasteiger partial charge in [0.25, 0.3) is 11.5 Å². The van der Waals surface area contributed by atoms with E-state index in [1.165, 1.54) is 37.8 Å². The van der Waals surface area contributed by atoms with E-state index in [-0.39, 0.29) is 11.5 Å². The Morgan fingerprint density at radius 3 is 2.74 bits per heavy atom. The number of H-pyrrole nitrogens is 1. The summed E-state index contributed by atoms with van der Waals surface area (Å²) in [4.78, 5) is 25.2. The Balaban J connectivity index is 1.70. The lowest BCUT2D eigenvalue weighted by Crippen LogP contribution is -2.45. The van der Waals surface area contributed by atoms with Crippen molar-refractivity contribution in [2.45, 2.75) is 32.1 Å². The number of aromatic amines is 1. The molecule has 0 radical (unpaired) electrons. The maximum atomic E-state index is 12.3. The molecule has 102 valence electrons. The van der Waals surface area contributed by atoms with E-state index in [1.54, 1.807) is 0 Å². The summed E-state index contributed by atoms with van der Waals surface area (Å²) in [5.41, 5.74) is 0.0661. The number of aromatic nitrogens is 2. The second-order valence-corrected chi connectivity index (χ2v) is 5.65. The molecule has 5 heteroatoms. The Morgan fingerprint density at radius 1 is 1.21 bits per heavy atom. The standard InChI is InChI=1S/C14H19N3O2/c18-13-6-5-12(15-16-13)14(19)17-8-7-10-3-1-2-4-11(10)9-17/h5-6,10-11H,1-4,7-9H2,(H,16,18). The number of fused-ring (bicyclic) bond motifs is 1. The van der Waals surface area contributed by atoms with Crippen molar-refractivity contribution in [3.63, 3.8) is 0 Å². The Morgan fingerprint density at radius 2 is 2.00 bits per heavy atom. The molecular formula is C14H19N3O2. The third-order valence-electron chi connectivity index (χ3n) is 4.48. The normalized spacial score (nSPS) is 26.8. The van der Waals surface area contributed by atoms with Crippen LogP contribution < -0.4 is 5.56 Å². The van der Waals surface area contributed by atoms with Gasteiger partial charge in [-0.2, -0.15) is 5.10 Å². The van der Waals surface area contributed by atoms with E-state index in [2.05, 4.69) is 10.2 Å². The van der Waals surface area contributed by atoms with Crippen LogP contribution >= 0.6 is 0 Å². The molecule has 1 saturated carbocycles. The Bertz CT molecular complexity index is 505. The number of nitrogens with zero attached hydrogens (tertiary/aromatic N) is 2. The Labute approximate surface area is 112 Å². The molecule has 0 bridgehead atoms. The molecule has 19 heavy (non-hydrogen) atoms. The van der Waals surface area contributed by atoms with E-state index in [0.29, 0.717) is 11.6 Å². The third-order valence-corrected chi connectivity index (χ3v) is 4.48. The fourth-order valence-corrected chi connectivity index (χ4v) is 3.41. The topological polar surface area (TPSA) is 66.1 Å². The van der Waals surface area contributed by atoms with Crippen LogP contribution in [0.25, 0.3) is 0 Å². The van der Waals surface area contributed by atoms with Gasteiger partial charge in [-0.05, 0) is 30.7 Å². The molecule has 1 N–H and O–H groups in total. The van der Waals surface area contributed by atoms with Gasteiger partial charge in [0.1, 0.15) is 5.69 Å². The van der Waals surface area contributed by atoms with E-state index in [1.807, 2.05) is 4.90 Å². The molecular weight excluding hydrogens is 242 g/mol. The van der Waals surface area contributed by atoms with Crippen LogP contribution in [-0.2, 0) is 0 Å². The van der Waals surface area contributed by atoms with Crippen LogP contribution in [-0.4, -0.2) is 34.1 Å². The van der Waals surface area contributed by atoms with Crippen molar-refractivity contribution in [2.24, 2.45) is 11.8 Å². The first-order valence-corrected chi connectivity index (χ1v) is 7.09. The van der Waals surface area contributed by atoms with Gasteiger partial charge in [0.05, 0.1) is 0 Å². The number of carbonyl (C=O) groups excluding carboxylic acids is 1. The summed E-state index contributed by atoms with van der Waals surface area (Å²) in [6.07, 6.45) is 6.31. The van der Waals surface area contributed by atoms with E-state index >= 15 is 0 Å². The summed E-state index contributed by atoms with van der Waals surface area (Å²) in [5, 5.41) is 6.15. The number of rotatable bonds is 1. The quantitative estimate of drug-likeness (QED) is 0.831. The molecule has 1 aromatic heterocycles. The number of amides is 1. The van der Waals surface area contributed by atoms with Gasteiger partial charge >= 0.3 is 0 Å². The van der Waals surface area contributed by atoms with Crippen molar-refractivity contribution in [3.05, 3.63) is 28.2 Å². The van der Waals surface area contributed by atoms with Crippen molar-refractivity contribution in [1.29, 1.82) is 0 Å². The first kappa shape index (κ1) is 12.4. The highest BCUT2D eigenvalue weighted by Gasteiger charge is 2.33. The lowest BCUT2D eigenvalue weighted by molar-refractivity contribution is 0.0514. The SMILES string of the molecule is O=C(c1ccc(=O)[nH]n1)N1CCC2CCCCC2C1. The highest BCUT2D eigenvalue weighted by molar-refractivity contribution is 5.92. The number of likely N-dealkylation sites (tertiary alicyclic amines) is 1. The number of nitrogens with one attached hydrogen (secondary N) is 1. The number of hydrogen-bond donors (Lipinski definition) is 1. The van der Waals surface area contributed by atoms with E-state index in [0.717, 1.165) is 25.4 Å². The molecule has 2 aliphatic rings. The van der Waals surface area contributed by atoms with Crippen LogP contribution in [0.1, 0.15) is 42.6 Å². The highest BCUT2D eigenvalue weighted by atomic mass is 16.2. The van der Waals surface area contributed by atoms with Crippen LogP contribution in [0.4, 0.5) is 0 Å². The average Bonchev–Trinajstić information content (AvgIpc) is 2.47. The van der Waals surface area contributed by atoms with Crippen LogP contribution in [0.15, 0.2) is 16.9 Å². The number of piperidine rings is 1. The molecule has 0 aromatic carbocycles. The Hall–Kier alpha value is -1.65. The number of carbonyl (C=O) groups is 1. The fourth-order valence-electron chi connectivity index (χ4n) is 3.41. The predicted molar refractivity (Wildman–Crippen MR) is 70.8 cm³/mol. The van der Waals surface area contributed by atoms with E-state index in [9.17, 15) is 9.59 Å². The molecule has 1 aliphatic heterocycles. The summed E-state index contributed by atoms with van der Waals surface area (Å²) >= 11 is 0. The molecule has 0 spiro atoms. The fraction of sp³-hybridized carbons (Fsp3) is 0.643. The minimum absolute atomic E-state index is 0.0553.